The second-order valence-corrected chi connectivity index (χ2v) is 5.06. The Labute approximate surface area is 125 Å². The average molecular weight is 333 g/mol. The summed E-state index contributed by atoms with van der Waals surface area (Å²) in [5, 5.41) is 16.1. The summed E-state index contributed by atoms with van der Waals surface area (Å²) in [5.74, 6) is -0.0865. The predicted molar refractivity (Wildman–Crippen MR) is 80.6 cm³/mol. The molecule has 0 aliphatic heterocycles. The van der Waals surface area contributed by atoms with Gasteiger partial charge in [-0.2, -0.15) is 0 Å². The van der Waals surface area contributed by atoms with Crippen LogP contribution in [0.15, 0.2) is 58.1 Å². The van der Waals surface area contributed by atoms with E-state index in [0.29, 0.717) is 22.5 Å². The third kappa shape index (κ3) is 3.30. The van der Waals surface area contributed by atoms with Crippen molar-refractivity contribution in [3.05, 3.63) is 63.8 Å². The Hall–Kier alpha value is -2.01. The van der Waals surface area contributed by atoms with Gasteiger partial charge in [-0.25, -0.2) is 0 Å². The molecule has 0 atom stereocenters. The molecule has 0 bridgehead atoms. The Balaban J connectivity index is 2.48. The molecule has 0 aromatic heterocycles. The van der Waals surface area contributed by atoms with Crippen LogP contribution in [0.5, 0.6) is 0 Å². The topological polar surface area (TPSA) is 55.5 Å². The maximum Gasteiger partial charge on any atom is 0.256 e. The van der Waals surface area contributed by atoms with Crippen LogP contribution in [0.25, 0.3) is 0 Å². The van der Waals surface area contributed by atoms with E-state index in [1.807, 2.05) is 6.07 Å². The van der Waals surface area contributed by atoms with Gasteiger partial charge in [0.05, 0.1) is 5.56 Å². The van der Waals surface area contributed by atoms with Gasteiger partial charge in [-0.15, -0.1) is 0 Å². The van der Waals surface area contributed by atoms with Gasteiger partial charge < -0.3 is 5.21 Å². The number of hydrogen-bond acceptors (Lipinski definition) is 3. The molecule has 0 aliphatic rings. The molecule has 2 rings (SSSR count). The molecule has 0 amide bonds. The van der Waals surface area contributed by atoms with Gasteiger partial charge in [-0.3, -0.25) is 4.79 Å². The highest BCUT2D eigenvalue weighted by Gasteiger charge is 2.18. The summed E-state index contributed by atoms with van der Waals surface area (Å²) in [6, 6.07) is 13.9. The van der Waals surface area contributed by atoms with Crippen molar-refractivity contribution in [3.63, 3.8) is 0 Å². The number of azo groups is 1. The fraction of sp³-hybridized carbons (Fsp3) is 0.133. The highest BCUT2D eigenvalue weighted by molar-refractivity contribution is 9.10. The van der Waals surface area contributed by atoms with E-state index in [2.05, 4.69) is 21.0 Å². The number of ketones is 1. The molecule has 0 heterocycles. The lowest BCUT2D eigenvalue weighted by Gasteiger charge is -2.05. The van der Waals surface area contributed by atoms with Gasteiger partial charge in [0.1, 0.15) is 5.69 Å². The number of rotatable bonds is 4. The van der Waals surface area contributed by atoms with E-state index >= 15 is 0 Å². The zero-order valence-electron chi connectivity index (χ0n) is 10.9. The summed E-state index contributed by atoms with van der Waals surface area (Å²) >= 11 is 3.30. The lowest BCUT2D eigenvalue weighted by molar-refractivity contribution is -0.435. The number of Topliss-reactive ketones (excluding diaryl/α,β-unsaturated/α-hetero) is 1. The standard InChI is InChI=1S/C15H13BrN2O2/c1-2-15(19)13-9-8-11(16)10-14(13)18(20)17-12-6-4-3-5-7-12/h3-10H,2H2,1H3. The maximum atomic E-state index is 12.2. The first kappa shape index (κ1) is 14.4. The highest BCUT2D eigenvalue weighted by atomic mass is 79.9. The number of carbonyl (C=O) groups is 1. The molecule has 2 aromatic carbocycles. The molecule has 0 N–H and O–H groups in total. The van der Waals surface area contributed by atoms with Crippen LogP contribution in [0.3, 0.4) is 0 Å². The quantitative estimate of drug-likeness (QED) is 0.343. The monoisotopic (exact) mass is 332 g/mol. The summed E-state index contributed by atoms with van der Waals surface area (Å²) in [4.78, 5) is 12.4. The molecule has 4 nitrogen and oxygen atoms in total. The third-order valence-electron chi connectivity index (χ3n) is 2.75. The minimum atomic E-state index is -0.0865. The van der Waals surface area contributed by atoms with Gasteiger partial charge in [0.25, 0.3) is 5.69 Å². The van der Waals surface area contributed by atoms with E-state index in [9.17, 15) is 10.0 Å². The largest absolute Gasteiger partial charge is 0.594 e. The summed E-state index contributed by atoms with van der Waals surface area (Å²) in [6.45, 7) is 1.76. The Morgan fingerprint density at radius 3 is 2.60 bits per heavy atom. The first-order valence-electron chi connectivity index (χ1n) is 6.18. The zero-order chi connectivity index (χ0) is 14.5. The van der Waals surface area contributed by atoms with Crippen molar-refractivity contribution in [3.8, 4) is 0 Å². The molecular formula is C15H13BrN2O2. The van der Waals surface area contributed by atoms with Crippen molar-refractivity contribution in [1.82, 2.24) is 0 Å². The van der Waals surface area contributed by atoms with Crippen molar-refractivity contribution in [1.29, 1.82) is 0 Å². The SMILES string of the molecule is CCC(=O)c1ccc(Br)cc1[N+]([O-])=Nc1ccccc1. The Morgan fingerprint density at radius 1 is 1.25 bits per heavy atom. The minimum absolute atomic E-state index is 0.0865. The molecule has 0 radical (unpaired) electrons. The summed E-state index contributed by atoms with van der Waals surface area (Å²) in [5.41, 5.74) is 1.16. The van der Waals surface area contributed by atoms with Crippen LogP contribution in [-0.4, -0.2) is 10.6 Å². The van der Waals surface area contributed by atoms with Crippen LogP contribution < -0.4 is 0 Å². The molecule has 5 heteroatoms. The van der Waals surface area contributed by atoms with E-state index in [1.165, 1.54) is 0 Å². The van der Waals surface area contributed by atoms with Crippen LogP contribution in [0.1, 0.15) is 23.7 Å². The lowest BCUT2D eigenvalue weighted by atomic mass is 10.1. The second kappa shape index (κ2) is 6.43. The first-order chi connectivity index (χ1) is 9.61. The number of nitrogens with zero attached hydrogens (tertiary/aromatic N) is 2. The normalized spacial score (nSPS) is 11.4. The first-order valence-corrected chi connectivity index (χ1v) is 6.98. The minimum Gasteiger partial charge on any atom is -0.594 e. The number of halogens is 1. The van der Waals surface area contributed by atoms with Crippen molar-refractivity contribution in [2.75, 3.05) is 0 Å². The number of carbonyl (C=O) groups excluding carboxylic acids is 1. The van der Waals surface area contributed by atoms with Gasteiger partial charge in [-0.1, -0.05) is 41.1 Å². The third-order valence-corrected chi connectivity index (χ3v) is 3.24. The van der Waals surface area contributed by atoms with Gasteiger partial charge in [0, 0.05) is 22.1 Å². The molecule has 0 fully saturated rings. The van der Waals surface area contributed by atoms with E-state index in [4.69, 9.17) is 0 Å². The molecule has 0 unspecified atom stereocenters. The number of benzene rings is 2. The molecule has 0 saturated carbocycles. The van der Waals surface area contributed by atoms with E-state index in [0.717, 1.165) is 4.47 Å². The van der Waals surface area contributed by atoms with E-state index in [-0.39, 0.29) is 11.5 Å². The number of hydrogen-bond donors (Lipinski definition) is 0. The van der Waals surface area contributed by atoms with Crippen LogP contribution >= 0.6 is 15.9 Å². The Morgan fingerprint density at radius 2 is 1.95 bits per heavy atom. The van der Waals surface area contributed by atoms with Crippen LogP contribution in [0.2, 0.25) is 0 Å². The van der Waals surface area contributed by atoms with Gasteiger partial charge in [-0.05, 0) is 29.1 Å². The lowest BCUT2D eigenvalue weighted by Crippen LogP contribution is -2.03. The smallest absolute Gasteiger partial charge is 0.256 e. The fourth-order valence-corrected chi connectivity index (χ4v) is 2.09. The van der Waals surface area contributed by atoms with E-state index < -0.39 is 0 Å². The van der Waals surface area contributed by atoms with Crippen molar-refractivity contribution < 1.29 is 9.66 Å². The van der Waals surface area contributed by atoms with Crippen molar-refractivity contribution >= 4 is 33.1 Å². The predicted octanol–water partition coefficient (Wildman–Crippen LogP) is 4.97. The Kier molecular flexibility index (Phi) is 4.63. The second-order valence-electron chi connectivity index (χ2n) is 4.15. The van der Waals surface area contributed by atoms with E-state index in [1.54, 1.807) is 49.4 Å². The molecule has 0 saturated heterocycles. The highest BCUT2D eigenvalue weighted by Crippen LogP contribution is 2.26. The van der Waals surface area contributed by atoms with Gasteiger partial charge in [0.15, 0.2) is 5.78 Å². The van der Waals surface area contributed by atoms with Crippen molar-refractivity contribution in [2.24, 2.45) is 5.11 Å². The van der Waals surface area contributed by atoms with Gasteiger partial charge in [0.2, 0.25) is 0 Å². The molecule has 20 heavy (non-hydrogen) atoms. The molecule has 0 spiro atoms. The molecule has 0 aliphatic carbocycles. The maximum absolute atomic E-state index is 12.2. The van der Waals surface area contributed by atoms with Crippen LogP contribution in [-0.2, 0) is 0 Å². The zero-order valence-corrected chi connectivity index (χ0v) is 12.5. The molecule has 102 valence electrons. The summed E-state index contributed by atoms with van der Waals surface area (Å²) < 4.78 is 0.726. The van der Waals surface area contributed by atoms with Crippen molar-refractivity contribution in [2.45, 2.75) is 13.3 Å². The van der Waals surface area contributed by atoms with Crippen LogP contribution in [0.4, 0.5) is 11.4 Å². The molecular weight excluding hydrogens is 320 g/mol. The fourth-order valence-electron chi connectivity index (χ4n) is 1.74. The summed E-state index contributed by atoms with van der Waals surface area (Å²) in [6.07, 6.45) is 0.341. The average Bonchev–Trinajstić information content (AvgIpc) is 2.47. The van der Waals surface area contributed by atoms with Gasteiger partial charge >= 0.3 is 0 Å². The van der Waals surface area contributed by atoms with Crippen LogP contribution in [0, 0.1) is 5.21 Å². The Bertz CT molecular complexity index is 654. The molecule has 2 aromatic rings. The summed E-state index contributed by atoms with van der Waals surface area (Å²) in [7, 11) is 0.